The molecule has 5 nitrogen and oxygen atoms in total. The fourth-order valence-electron chi connectivity index (χ4n) is 1.44. The number of hydrogen-bond acceptors (Lipinski definition) is 5. The molecule has 3 N–H and O–H groups in total. The van der Waals surface area contributed by atoms with Crippen LogP contribution in [0.25, 0.3) is 0 Å². The lowest BCUT2D eigenvalue weighted by atomic mass is 10.2. The highest BCUT2D eigenvalue weighted by molar-refractivity contribution is 7.99. The quantitative estimate of drug-likeness (QED) is 0.460. The van der Waals surface area contributed by atoms with Crippen molar-refractivity contribution >= 4 is 33.2 Å². The van der Waals surface area contributed by atoms with E-state index in [9.17, 15) is 13.2 Å². The van der Waals surface area contributed by atoms with Crippen LogP contribution in [0.15, 0.2) is 23.1 Å². The van der Waals surface area contributed by atoms with Crippen LogP contribution in [0.4, 0.5) is 5.69 Å². The predicted octanol–water partition coefficient (Wildman–Crippen LogP) is 0.769. The summed E-state index contributed by atoms with van der Waals surface area (Å²) in [5, 5.41) is 2.68. The number of rotatable bonds is 6. The highest BCUT2D eigenvalue weighted by Gasteiger charge is 2.13. The summed E-state index contributed by atoms with van der Waals surface area (Å²) in [6.07, 6.45) is 6.18. The lowest BCUT2D eigenvalue weighted by Gasteiger charge is -2.07. The fourth-order valence-corrected chi connectivity index (χ4v) is 2.64. The molecule has 0 atom stereocenters. The Hall–Kier alpha value is -1.65. The molecular formula is C13H16N2O3S2. The molecule has 1 aromatic carbocycles. The van der Waals surface area contributed by atoms with Crippen LogP contribution in [0, 0.1) is 12.3 Å². The zero-order chi connectivity index (χ0) is 15.2. The summed E-state index contributed by atoms with van der Waals surface area (Å²) in [4.78, 5) is 11.9. The lowest BCUT2D eigenvalue weighted by molar-refractivity contribution is 0.0956. The molecule has 0 spiro atoms. The highest BCUT2D eigenvalue weighted by atomic mass is 32.2. The molecule has 0 unspecified atom stereocenters. The van der Waals surface area contributed by atoms with Crippen molar-refractivity contribution < 1.29 is 13.2 Å². The van der Waals surface area contributed by atoms with Crippen molar-refractivity contribution in [3.8, 4) is 12.3 Å². The summed E-state index contributed by atoms with van der Waals surface area (Å²) in [6, 6.07) is 4.09. The third kappa shape index (κ3) is 5.15. The zero-order valence-corrected chi connectivity index (χ0v) is 12.7. The van der Waals surface area contributed by atoms with Crippen LogP contribution in [0.3, 0.4) is 0 Å². The van der Waals surface area contributed by atoms with Gasteiger partial charge in [0.05, 0.1) is 10.6 Å². The van der Waals surface area contributed by atoms with Crippen molar-refractivity contribution in [3.05, 3.63) is 23.8 Å². The molecule has 0 aromatic heterocycles. The van der Waals surface area contributed by atoms with Crippen LogP contribution in [0.5, 0.6) is 0 Å². The van der Waals surface area contributed by atoms with Gasteiger partial charge in [-0.15, -0.1) is 18.2 Å². The summed E-state index contributed by atoms with van der Waals surface area (Å²) in [7, 11) is -3.40. The number of sulfone groups is 1. The second-order valence-electron chi connectivity index (χ2n) is 4.08. The first-order valence-electron chi connectivity index (χ1n) is 5.74. The Labute approximate surface area is 123 Å². The monoisotopic (exact) mass is 312 g/mol. The van der Waals surface area contributed by atoms with E-state index < -0.39 is 9.84 Å². The molecular weight excluding hydrogens is 296 g/mol. The van der Waals surface area contributed by atoms with Crippen LogP contribution in [-0.2, 0) is 9.84 Å². The van der Waals surface area contributed by atoms with Crippen molar-refractivity contribution in [1.82, 2.24) is 5.32 Å². The molecule has 0 heterocycles. The molecule has 1 aromatic rings. The number of carbonyl (C=O) groups excluding carboxylic acids is 1. The second-order valence-corrected chi connectivity index (χ2v) is 7.20. The second kappa shape index (κ2) is 7.22. The molecule has 0 aliphatic carbocycles. The normalized spacial score (nSPS) is 10.8. The number of anilines is 1. The topological polar surface area (TPSA) is 89.3 Å². The maximum absolute atomic E-state index is 11.9. The lowest BCUT2D eigenvalue weighted by Crippen LogP contribution is -2.26. The van der Waals surface area contributed by atoms with E-state index in [-0.39, 0.29) is 22.1 Å². The average molecular weight is 312 g/mol. The largest absolute Gasteiger partial charge is 0.399 e. The first kappa shape index (κ1) is 16.4. The first-order valence-corrected chi connectivity index (χ1v) is 8.79. The molecule has 0 bridgehead atoms. The summed E-state index contributed by atoms with van der Waals surface area (Å²) in [6.45, 7) is 0.453. The van der Waals surface area contributed by atoms with Gasteiger partial charge in [-0.05, 0) is 18.2 Å². The van der Waals surface area contributed by atoms with E-state index in [1.54, 1.807) is 0 Å². The fraction of sp³-hybridized carbons (Fsp3) is 0.308. The number of nitrogens with one attached hydrogen (secondary N) is 1. The van der Waals surface area contributed by atoms with Crippen LogP contribution in [0.2, 0.25) is 0 Å². The van der Waals surface area contributed by atoms with Gasteiger partial charge in [-0.3, -0.25) is 4.79 Å². The van der Waals surface area contributed by atoms with Crippen LogP contribution >= 0.6 is 11.8 Å². The predicted molar refractivity (Wildman–Crippen MR) is 82.5 cm³/mol. The van der Waals surface area contributed by atoms with Crippen molar-refractivity contribution in [2.45, 2.75) is 4.90 Å². The number of nitrogens with two attached hydrogens (primary N) is 1. The highest BCUT2D eigenvalue weighted by Crippen LogP contribution is 2.16. The van der Waals surface area contributed by atoms with Gasteiger partial charge in [0, 0.05) is 29.8 Å². The average Bonchev–Trinajstić information content (AvgIpc) is 2.36. The smallest absolute Gasteiger partial charge is 0.251 e. The van der Waals surface area contributed by atoms with Gasteiger partial charge in [0.15, 0.2) is 9.84 Å². The minimum absolute atomic E-state index is 0.0318. The Bertz CT molecular complexity index is 634. The van der Waals surface area contributed by atoms with Crippen LogP contribution in [-0.4, -0.2) is 38.6 Å². The summed E-state index contributed by atoms with van der Waals surface area (Å²) in [5.41, 5.74) is 6.08. The Balaban J connectivity index is 2.74. The van der Waals surface area contributed by atoms with Crippen molar-refractivity contribution in [2.24, 2.45) is 0 Å². The van der Waals surface area contributed by atoms with E-state index in [0.29, 0.717) is 18.1 Å². The maximum atomic E-state index is 11.9. The van der Waals surface area contributed by atoms with E-state index in [0.717, 1.165) is 6.26 Å². The molecule has 0 radical (unpaired) electrons. The molecule has 108 valence electrons. The van der Waals surface area contributed by atoms with Crippen molar-refractivity contribution in [2.75, 3.05) is 30.0 Å². The standard InChI is InChI=1S/C13H16N2O3S2/c1-3-5-19-6-4-15-13(16)10-7-11(14)9-12(8-10)20(2,17)18/h1,7-9H,4-6,14H2,2H3,(H,15,16). The van der Waals surface area contributed by atoms with Gasteiger partial charge in [0.2, 0.25) is 0 Å². The van der Waals surface area contributed by atoms with E-state index in [4.69, 9.17) is 12.2 Å². The molecule has 20 heavy (non-hydrogen) atoms. The molecule has 0 aliphatic heterocycles. The Kier molecular flexibility index (Phi) is 5.92. The number of amides is 1. The summed E-state index contributed by atoms with van der Waals surface area (Å²) < 4.78 is 23.0. The Morgan fingerprint density at radius 2 is 2.15 bits per heavy atom. The van der Waals surface area contributed by atoms with Gasteiger partial charge in [-0.1, -0.05) is 5.92 Å². The molecule has 0 saturated carbocycles. The number of hydrogen-bond donors (Lipinski definition) is 2. The van der Waals surface area contributed by atoms with Gasteiger partial charge >= 0.3 is 0 Å². The third-order valence-corrected chi connectivity index (χ3v) is 4.29. The summed E-state index contributed by atoms with van der Waals surface area (Å²) in [5.74, 6) is 3.41. The van der Waals surface area contributed by atoms with E-state index in [1.165, 1.54) is 30.0 Å². The molecule has 0 saturated heterocycles. The minimum atomic E-state index is -3.40. The third-order valence-electron chi connectivity index (χ3n) is 2.34. The molecule has 0 aliphatic rings. The van der Waals surface area contributed by atoms with Crippen molar-refractivity contribution in [1.29, 1.82) is 0 Å². The molecule has 1 amide bonds. The van der Waals surface area contributed by atoms with Gasteiger partial charge < -0.3 is 11.1 Å². The molecule has 0 fully saturated rings. The molecule has 1 rings (SSSR count). The van der Waals surface area contributed by atoms with Gasteiger partial charge in [0.1, 0.15) is 0 Å². The van der Waals surface area contributed by atoms with Gasteiger partial charge in [-0.25, -0.2) is 8.42 Å². The van der Waals surface area contributed by atoms with Gasteiger partial charge in [0.25, 0.3) is 5.91 Å². The SMILES string of the molecule is C#CCSCCNC(=O)c1cc(N)cc(S(C)(=O)=O)c1. The number of carbonyl (C=O) groups is 1. The van der Waals surface area contributed by atoms with E-state index in [2.05, 4.69) is 11.2 Å². The Morgan fingerprint density at radius 1 is 1.45 bits per heavy atom. The number of thioether (sulfide) groups is 1. The minimum Gasteiger partial charge on any atom is -0.399 e. The van der Waals surface area contributed by atoms with E-state index in [1.807, 2.05) is 0 Å². The number of benzene rings is 1. The maximum Gasteiger partial charge on any atom is 0.251 e. The van der Waals surface area contributed by atoms with E-state index >= 15 is 0 Å². The van der Waals surface area contributed by atoms with Crippen LogP contribution < -0.4 is 11.1 Å². The van der Waals surface area contributed by atoms with Crippen LogP contribution in [0.1, 0.15) is 10.4 Å². The number of nitrogen functional groups attached to an aromatic ring is 1. The number of terminal acetylenes is 1. The Morgan fingerprint density at radius 3 is 2.75 bits per heavy atom. The zero-order valence-electron chi connectivity index (χ0n) is 11.0. The first-order chi connectivity index (χ1) is 9.34. The molecule has 7 heteroatoms. The van der Waals surface area contributed by atoms with Crippen molar-refractivity contribution in [3.63, 3.8) is 0 Å². The summed E-state index contributed by atoms with van der Waals surface area (Å²) >= 11 is 1.53. The van der Waals surface area contributed by atoms with Gasteiger partial charge in [-0.2, -0.15) is 0 Å².